The number of benzene rings is 1. The first kappa shape index (κ1) is 11.1. The fraction of sp³-hybridized carbons (Fsp3) is 0.0667. The lowest BCUT2D eigenvalue weighted by Crippen LogP contribution is -1.84. The minimum Gasteiger partial charge on any atom is -0.254 e. The maximum atomic E-state index is 4.65. The van der Waals surface area contributed by atoms with Crippen molar-refractivity contribution in [2.45, 2.75) is 6.92 Å². The summed E-state index contributed by atoms with van der Waals surface area (Å²) >= 11 is 1.63. The zero-order chi connectivity index (χ0) is 12.4. The van der Waals surface area contributed by atoms with Crippen LogP contribution in [0.2, 0.25) is 0 Å². The summed E-state index contributed by atoms with van der Waals surface area (Å²) in [7, 11) is 0. The molecule has 2 heterocycles. The van der Waals surface area contributed by atoms with Crippen molar-refractivity contribution < 1.29 is 0 Å². The van der Waals surface area contributed by atoms with E-state index in [1.165, 1.54) is 5.56 Å². The van der Waals surface area contributed by atoms with Crippen molar-refractivity contribution in [3.8, 4) is 22.0 Å². The third kappa shape index (κ3) is 2.17. The van der Waals surface area contributed by atoms with Crippen molar-refractivity contribution in [3.63, 3.8) is 0 Å². The van der Waals surface area contributed by atoms with Gasteiger partial charge in [-0.05, 0) is 24.6 Å². The van der Waals surface area contributed by atoms with E-state index < -0.39 is 0 Å². The molecule has 0 aliphatic heterocycles. The topological polar surface area (TPSA) is 25.8 Å². The minimum atomic E-state index is 0.946. The average molecular weight is 252 g/mol. The molecule has 2 nitrogen and oxygen atoms in total. The van der Waals surface area contributed by atoms with Gasteiger partial charge in [0.1, 0.15) is 5.01 Å². The minimum absolute atomic E-state index is 0.946. The molecule has 3 heteroatoms. The van der Waals surface area contributed by atoms with Gasteiger partial charge < -0.3 is 0 Å². The Morgan fingerprint density at radius 2 is 1.83 bits per heavy atom. The van der Waals surface area contributed by atoms with Gasteiger partial charge in [0.15, 0.2) is 0 Å². The predicted molar refractivity (Wildman–Crippen MR) is 75.5 cm³/mol. The molecule has 0 spiro atoms. The summed E-state index contributed by atoms with van der Waals surface area (Å²) in [6.07, 6.45) is 1.83. The van der Waals surface area contributed by atoms with E-state index in [4.69, 9.17) is 0 Å². The lowest BCUT2D eigenvalue weighted by Gasteiger charge is -1.97. The van der Waals surface area contributed by atoms with Crippen molar-refractivity contribution in [2.24, 2.45) is 0 Å². The number of pyridine rings is 1. The van der Waals surface area contributed by atoms with Crippen LogP contribution in [0.4, 0.5) is 0 Å². The SMILES string of the molecule is Cc1ccnc(-c2nc(-c3ccccc3)cs2)c1. The molecule has 18 heavy (non-hydrogen) atoms. The molecule has 0 unspecified atom stereocenters. The number of rotatable bonds is 2. The van der Waals surface area contributed by atoms with Crippen molar-refractivity contribution in [3.05, 3.63) is 59.6 Å². The van der Waals surface area contributed by atoms with E-state index in [1.54, 1.807) is 11.3 Å². The van der Waals surface area contributed by atoms with Crippen molar-refractivity contribution in [1.82, 2.24) is 9.97 Å². The highest BCUT2D eigenvalue weighted by atomic mass is 32.1. The summed E-state index contributed by atoms with van der Waals surface area (Å²) in [4.78, 5) is 9.01. The third-order valence-corrected chi connectivity index (χ3v) is 3.57. The largest absolute Gasteiger partial charge is 0.254 e. The number of hydrogen-bond donors (Lipinski definition) is 0. The summed E-state index contributed by atoms with van der Waals surface area (Å²) in [6, 6.07) is 14.3. The Bertz CT molecular complexity index is 659. The Hall–Kier alpha value is -2.00. The summed E-state index contributed by atoms with van der Waals surface area (Å²) in [5, 5.41) is 3.05. The Morgan fingerprint density at radius 1 is 1.00 bits per heavy atom. The molecule has 0 saturated heterocycles. The monoisotopic (exact) mass is 252 g/mol. The number of hydrogen-bond acceptors (Lipinski definition) is 3. The van der Waals surface area contributed by atoms with Crippen molar-refractivity contribution in [1.29, 1.82) is 0 Å². The van der Waals surface area contributed by atoms with Gasteiger partial charge >= 0.3 is 0 Å². The van der Waals surface area contributed by atoms with E-state index in [1.807, 2.05) is 30.5 Å². The third-order valence-electron chi connectivity index (χ3n) is 2.71. The molecule has 3 rings (SSSR count). The standard InChI is InChI=1S/C15H12N2S/c1-11-7-8-16-13(9-11)15-17-14(10-18-15)12-5-3-2-4-6-12/h2-10H,1H3. The van der Waals surface area contributed by atoms with Crippen LogP contribution in [-0.4, -0.2) is 9.97 Å². The molecule has 0 saturated carbocycles. The van der Waals surface area contributed by atoms with Gasteiger partial charge in [-0.3, -0.25) is 4.98 Å². The molecule has 88 valence electrons. The van der Waals surface area contributed by atoms with E-state index in [0.29, 0.717) is 0 Å². The van der Waals surface area contributed by atoms with Gasteiger partial charge in [-0.2, -0.15) is 0 Å². The van der Waals surface area contributed by atoms with E-state index in [9.17, 15) is 0 Å². The first-order valence-electron chi connectivity index (χ1n) is 5.77. The van der Waals surface area contributed by atoms with Crippen LogP contribution in [0.1, 0.15) is 5.56 Å². The fourth-order valence-electron chi connectivity index (χ4n) is 1.79. The highest BCUT2D eigenvalue weighted by Gasteiger charge is 2.07. The van der Waals surface area contributed by atoms with Crippen LogP contribution >= 0.6 is 11.3 Å². The Labute approximate surface area is 110 Å². The molecule has 0 fully saturated rings. The predicted octanol–water partition coefficient (Wildman–Crippen LogP) is 4.18. The van der Waals surface area contributed by atoms with Gasteiger partial charge in [0.05, 0.1) is 11.4 Å². The molecule has 0 aliphatic carbocycles. The van der Waals surface area contributed by atoms with E-state index in [-0.39, 0.29) is 0 Å². The van der Waals surface area contributed by atoms with Gasteiger partial charge in [0.25, 0.3) is 0 Å². The van der Waals surface area contributed by atoms with Gasteiger partial charge in [-0.15, -0.1) is 11.3 Å². The van der Waals surface area contributed by atoms with Gasteiger partial charge in [-0.1, -0.05) is 30.3 Å². The Morgan fingerprint density at radius 3 is 2.61 bits per heavy atom. The molecular formula is C15H12N2S. The van der Waals surface area contributed by atoms with Crippen LogP contribution < -0.4 is 0 Å². The normalized spacial score (nSPS) is 10.5. The summed E-state index contributed by atoms with van der Waals surface area (Å²) in [5.74, 6) is 0. The molecular weight excluding hydrogens is 240 g/mol. The number of aromatic nitrogens is 2. The molecule has 0 amide bonds. The first-order valence-corrected chi connectivity index (χ1v) is 6.65. The van der Waals surface area contributed by atoms with Crippen LogP contribution in [0.15, 0.2) is 54.0 Å². The smallest absolute Gasteiger partial charge is 0.142 e. The van der Waals surface area contributed by atoms with Crippen molar-refractivity contribution >= 4 is 11.3 Å². The van der Waals surface area contributed by atoms with Gasteiger partial charge in [-0.25, -0.2) is 4.98 Å². The summed E-state index contributed by atoms with van der Waals surface area (Å²) < 4.78 is 0. The van der Waals surface area contributed by atoms with Crippen LogP contribution in [0.5, 0.6) is 0 Å². The zero-order valence-electron chi connectivity index (χ0n) is 10.00. The van der Waals surface area contributed by atoms with Crippen LogP contribution in [0.3, 0.4) is 0 Å². The maximum Gasteiger partial charge on any atom is 0.142 e. The second kappa shape index (κ2) is 4.70. The van der Waals surface area contributed by atoms with Crippen LogP contribution in [0.25, 0.3) is 22.0 Å². The molecule has 0 aliphatic rings. The molecule has 1 aromatic carbocycles. The number of aryl methyl sites for hydroxylation is 1. The maximum absolute atomic E-state index is 4.65. The van der Waals surface area contributed by atoms with Crippen molar-refractivity contribution in [2.75, 3.05) is 0 Å². The zero-order valence-corrected chi connectivity index (χ0v) is 10.8. The molecule has 0 atom stereocenters. The first-order chi connectivity index (χ1) is 8.83. The second-order valence-corrected chi connectivity index (χ2v) is 4.98. The second-order valence-electron chi connectivity index (χ2n) is 4.12. The van der Waals surface area contributed by atoms with E-state index in [0.717, 1.165) is 22.0 Å². The Balaban J connectivity index is 2.00. The summed E-state index contributed by atoms with van der Waals surface area (Å²) in [5.41, 5.74) is 4.31. The average Bonchev–Trinajstić information content (AvgIpc) is 2.89. The van der Waals surface area contributed by atoms with Gasteiger partial charge in [0, 0.05) is 17.1 Å². The van der Waals surface area contributed by atoms with E-state index >= 15 is 0 Å². The van der Waals surface area contributed by atoms with E-state index in [2.05, 4.69) is 40.5 Å². The molecule has 0 radical (unpaired) electrons. The lowest BCUT2D eigenvalue weighted by atomic mass is 10.2. The highest BCUT2D eigenvalue weighted by molar-refractivity contribution is 7.13. The highest BCUT2D eigenvalue weighted by Crippen LogP contribution is 2.27. The molecule has 0 bridgehead atoms. The Kier molecular flexibility index (Phi) is 2.90. The molecule has 0 N–H and O–H groups in total. The van der Waals surface area contributed by atoms with Crippen LogP contribution in [0, 0.1) is 6.92 Å². The fourth-order valence-corrected chi connectivity index (χ4v) is 2.58. The quantitative estimate of drug-likeness (QED) is 0.683. The summed E-state index contributed by atoms with van der Waals surface area (Å²) in [6.45, 7) is 2.07. The van der Waals surface area contributed by atoms with Gasteiger partial charge in [0.2, 0.25) is 0 Å². The van der Waals surface area contributed by atoms with Crippen LogP contribution in [-0.2, 0) is 0 Å². The molecule has 3 aromatic rings. The lowest BCUT2D eigenvalue weighted by molar-refractivity contribution is 1.26. The number of nitrogens with zero attached hydrogens (tertiary/aromatic N) is 2. The molecule has 2 aromatic heterocycles. The number of thiazole rings is 1.